The molecule has 0 heterocycles. The molecule has 1 rings (SSSR count). The van der Waals surface area contributed by atoms with E-state index >= 15 is 0 Å². The van der Waals surface area contributed by atoms with Crippen molar-refractivity contribution < 1.29 is 14.7 Å². The number of carboxylic acids is 1. The van der Waals surface area contributed by atoms with Gasteiger partial charge in [-0.15, -0.1) is 0 Å². The zero-order valence-corrected chi connectivity index (χ0v) is 10.3. The molecule has 0 radical (unpaired) electrons. The fourth-order valence-corrected chi connectivity index (χ4v) is 1.51. The van der Waals surface area contributed by atoms with Crippen LogP contribution in [0.25, 0.3) is 0 Å². The van der Waals surface area contributed by atoms with Crippen molar-refractivity contribution in [1.29, 1.82) is 0 Å². The molecule has 0 saturated carbocycles. The first-order chi connectivity index (χ1) is 8.54. The van der Waals surface area contributed by atoms with Crippen LogP contribution in [-0.4, -0.2) is 29.6 Å². The molecule has 0 saturated heterocycles. The first-order valence-electron chi connectivity index (χ1n) is 5.90. The minimum absolute atomic E-state index is 0.174. The minimum atomic E-state index is -0.950. The maximum Gasteiger partial charge on any atom is 0.335 e. The van der Waals surface area contributed by atoms with Crippen molar-refractivity contribution in [2.75, 3.05) is 6.54 Å². The normalized spacial score (nSPS) is 11.9. The van der Waals surface area contributed by atoms with Crippen LogP contribution >= 0.6 is 0 Å². The third-order valence-corrected chi connectivity index (χ3v) is 2.66. The average molecular weight is 250 g/mol. The fourth-order valence-electron chi connectivity index (χ4n) is 1.51. The summed E-state index contributed by atoms with van der Waals surface area (Å²) in [5, 5.41) is 11.6. The molecular weight excluding hydrogens is 232 g/mol. The zero-order valence-electron chi connectivity index (χ0n) is 10.3. The van der Waals surface area contributed by atoms with Gasteiger partial charge in [-0.05, 0) is 30.5 Å². The number of rotatable bonds is 6. The number of amides is 1. The number of hydrogen-bond acceptors (Lipinski definition) is 3. The lowest BCUT2D eigenvalue weighted by molar-refractivity contribution is -0.122. The molecule has 0 bridgehead atoms. The van der Waals surface area contributed by atoms with E-state index in [1.165, 1.54) is 6.07 Å². The van der Waals surface area contributed by atoms with Gasteiger partial charge in [0.15, 0.2) is 0 Å². The van der Waals surface area contributed by atoms with Crippen molar-refractivity contribution in [1.82, 2.24) is 5.32 Å². The topological polar surface area (TPSA) is 92.4 Å². The number of aromatic carboxylic acids is 1. The Morgan fingerprint density at radius 1 is 1.44 bits per heavy atom. The van der Waals surface area contributed by atoms with Crippen LogP contribution in [-0.2, 0) is 11.2 Å². The molecule has 0 aliphatic heterocycles. The molecule has 0 aromatic heterocycles. The summed E-state index contributed by atoms with van der Waals surface area (Å²) in [6.07, 6.45) is 1.18. The van der Waals surface area contributed by atoms with E-state index in [-0.39, 0.29) is 11.5 Å². The average Bonchev–Trinajstić information content (AvgIpc) is 2.38. The number of nitrogens with two attached hydrogens (primary N) is 1. The minimum Gasteiger partial charge on any atom is -0.478 e. The molecule has 4 N–H and O–H groups in total. The van der Waals surface area contributed by atoms with Gasteiger partial charge in [0.25, 0.3) is 0 Å². The Balaban J connectivity index is 2.47. The number of benzene rings is 1. The lowest BCUT2D eigenvalue weighted by atomic mass is 10.1. The van der Waals surface area contributed by atoms with Crippen molar-refractivity contribution in [3.8, 4) is 0 Å². The van der Waals surface area contributed by atoms with Crippen molar-refractivity contribution in [2.24, 2.45) is 5.73 Å². The SMILES string of the molecule is CC[C@H](N)C(=O)NCCc1cccc(C(=O)O)c1. The Morgan fingerprint density at radius 3 is 2.78 bits per heavy atom. The van der Waals surface area contributed by atoms with Crippen LogP contribution < -0.4 is 11.1 Å². The summed E-state index contributed by atoms with van der Waals surface area (Å²) in [5.41, 5.74) is 6.70. The third-order valence-electron chi connectivity index (χ3n) is 2.66. The van der Waals surface area contributed by atoms with E-state index in [4.69, 9.17) is 10.8 Å². The molecule has 98 valence electrons. The molecule has 0 fully saturated rings. The van der Waals surface area contributed by atoms with Crippen molar-refractivity contribution in [3.63, 3.8) is 0 Å². The summed E-state index contributed by atoms with van der Waals surface area (Å²) in [5.74, 6) is -1.12. The first kappa shape index (κ1) is 14.2. The molecule has 18 heavy (non-hydrogen) atoms. The molecule has 5 heteroatoms. The van der Waals surface area contributed by atoms with Gasteiger partial charge in [-0.1, -0.05) is 19.1 Å². The highest BCUT2D eigenvalue weighted by molar-refractivity contribution is 5.87. The van der Waals surface area contributed by atoms with E-state index in [1.807, 2.05) is 13.0 Å². The summed E-state index contributed by atoms with van der Waals surface area (Å²) in [7, 11) is 0. The van der Waals surface area contributed by atoms with Crippen LogP contribution in [0.4, 0.5) is 0 Å². The number of nitrogens with one attached hydrogen (secondary N) is 1. The lowest BCUT2D eigenvalue weighted by Crippen LogP contribution is -2.40. The van der Waals surface area contributed by atoms with E-state index in [2.05, 4.69) is 5.32 Å². The zero-order chi connectivity index (χ0) is 13.5. The molecular formula is C13H18N2O3. The number of carbonyl (C=O) groups excluding carboxylic acids is 1. The molecule has 0 aliphatic carbocycles. The van der Waals surface area contributed by atoms with Crippen LogP contribution in [0.2, 0.25) is 0 Å². The predicted molar refractivity (Wildman–Crippen MR) is 68.4 cm³/mol. The van der Waals surface area contributed by atoms with E-state index in [9.17, 15) is 9.59 Å². The summed E-state index contributed by atoms with van der Waals surface area (Å²) in [6.45, 7) is 2.30. The maximum atomic E-state index is 11.4. The summed E-state index contributed by atoms with van der Waals surface area (Å²) >= 11 is 0. The molecule has 1 aromatic carbocycles. The van der Waals surface area contributed by atoms with Crippen LogP contribution in [0.15, 0.2) is 24.3 Å². The number of hydrogen-bond donors (Lipinski definition) is 3. The van der Waals surface area contributed by atoms with Gasteiger partial charge >= 0.3 is 5.97 Å². The van der Waals surface area contributed by atoms with E-state index < -0.39 is 12.0 Å². The molecule has 5 nitrogen and oxygen atoms in total. The van der Waals surface area contributed by atoms with E-state index in [0.717, 1.165) is 5.56 Å². The molecule has 0 unspecified atom stereocenters. The number of carbonyl (C=O) groups is 2. The Morgan fingerprint density at radius 2 is 2.17 bits per heavy atom. The predicted octanol–water partition coefficient (Wildman–Crippen LogP) is 0.781. The van der Waals surface area contributed by atoms with Gasteiger partial charge in [0.05, 0.1) is 11.6 Å². The second-order valence-electron chi connectivity index (χ2n) is 4.06. The maximum absolute atomic E-state index is 11.4. The highest BCUT2D eigenvalue weighted by Crippen LogP contribution is 2.05. The fraction of sp³-hybridized carbons (Fsp3) is 0.385. The van der Waals surface area contributed by atoms with Gasteiger partial charge in [-0.25, -0.2) is 4.79 Å². The standard InChI is InChI=1S/C13H18N2O3/c1-2-11(14)12(16)15-7-6-9-4-3-5-10(8-9)13(17)18/h3-5,8,11H,2,6-7,14H2,1H3,(H,15,16)(H,17,18)/t11-/m0/s1. The van der Waals surface area contributed by atoms with Gasteiger partial charge in [0.2, 0.25) is 5.91 Å². The van der Waals surface area contributed by atoms with Crippen LogP contribution in [0.5, 0.6) is 0 Å². The summed E-state index contributed by atoms with van der Waals surface area (Å²) in [6, 6.07) is 6.19. The van der Waals surface area contributed by atoms with Gasteiger partial charge in [-0.3, -0.25) is 4.79 Å². The van der Waals surface area contributed by atoms with Crippen LogP contribution in [0, 0.1) is 0 Å². The molecule has 0 spiro atoms. The second kappa shape index (κ2) is 6.76. The van der Waals surface area contributed by atoms with Crippen molar-refractivity contribution in [2.45, 2.75) is 25.8 Å². The molecule has 1 atom stereocenters. The lowest BCUT2D eigenvalue weighted by Gasteiger charge is -2.10. The van der Waals surface area contributed by atoms with Crippen LogP contribution in [0.1, 0.15) is 29.3 Å². The van der Waals surface area contributed by atoms with E-state index in [0.29, 0.717) is 19.4 Å². The monoisotopic (exact) mass is 250 g/mol. The smallest absolute Gasteiger partial charge is 0.335 e. The van der Waals surface area contributed by atoms with Gasteiger partial charge in [0, 0.05) is 6.54 Å². The van der Waals surface area contributed by atoms with Gasteiger partial charge in [-0.2, -0.15) is 0 Å². The van der Waals surface area contributed by atoms with Gasteiger partial charge < -0.3 is 16.2 Å². The molecule has 0 aliphatic rings. The Hall–Kier alpha value is -1.88. The Labute approximate surface area is 106 Å². The Kier molecular flexibility index (Phi) is 5.32. The third kappa shape index (κ3) is 4.18. The first-order valence-corrected chi connectivity index (χ1v) is 5.90. The molecule has 1 aromatic rings. The molecule has 1 amide bonds. The largest absolute Gasteiger partial charge is 0.478 e. The van der Waals surface area contributed by atoms with E-state index in [1.54, 1.807) is 12.1 Å². The highest BCUT2D eigenvalue weighted by Gasteiger charge is 2.09. The number of carboxylic acid groups (broad SMARTS) is 1. The quantitative estimate of drug-likeness (QED) is 0.695. The summed E-state index contributed by atoms with van der Waals surface area (Å²) in [4.78, 5) is 22.2. The second-order valence-corrected chi connectivity index (χ2v) is 4.06. The van der Waals surface area contributed by atoms with Gasteiger partial charge in [0.1, 0.15) is 0 Å². The van der Waals surface area contributed by atoms with Crippen molar-refractivity contribution >= 4 is 11.9 Å². The Bertz CT molecular complexity index is 432. The summed E-state index contributed by atoms with van der Waals surface area (Å²) < 4.78 is 0. The van der Waals surface area contributed by atoms with Crippen LogP contribution in [0.3, 0.4) is 0 Å². The van der Waals surface area contributed by atoms with Crippen molar-refractivity contribution in [3.05, 3.63) is 35.4 Å². The highest BCUT2D eigenvalue weighted by atomic mass is 16.4.